The molecular formula is C33H46F4N4O3. The summed E-state index contributed by atoms with van der Waals surface area (Å²) in [7, 11) is 1.57. The molecule has 0 bridgehead atoms. The van der Waals surface area contributed by atoms with Gasteiger partial charge in [-0.15, -0.1) is 0 Å². The third-order valence-corrected chi connectivity index (χ3v) is 10.9. The van der Waals surface area contributed by atoms with E-state index in [4.69, 9.17) is 4.74 Å². The molecule has 6 rings (SSSR count). The fourth-order valence-corrected chi connectivity index (χ4v) is 8.48. The van der Waals surface area contributed by atoms with Crippen LogP contribution < -0.4 is 4.90 Å². The van der Waals surface area contributed by atoms with Crippen LogP contribution in [0, 0.1) is 11.8 Å². The van der Waals surface area contributed by atoms with Gasteiger partial charge in [-0.3, -0.25) is 14.5 Å². The first-order chi connectivity index (χ1) is 21.1. The Balaban J connectivity index is 1.22. The summed E-state index contributed by atoms with van der Waals surface area (Å²) in [5, 5.41) is 0. The average molecular weight is 623 g/mol. The zero-order chi connectivity index (χ0) is 31.1. The minimum Gasteiger partial charge on any atom is -0.384 e. The van der Waals surface area contributed by atoms with E-state index in [1.54, 1.807) is 18.1 Å². The van der Waals surface area contributed by atoms with Gasteiger partial charge in [0.1, 0.15) is 0 Å². The van der Waals surface area contributed by atoms with Gasteiger partial charge in [0.05, 0.1) is 12.2 Å². The largest absolute Gasteiger partial charge is 0.416 e. The molecule has 5 aliphatic rings. The number of methoxy groups -OCH3 is 1. The zero-order valence-corrected chi connectivity index (χ0v) is 25.8. The fourth-order valence-electron chi connectivity index (χ4n) is 8.48. The van der Waals surface area contributed by atoms with Crippen molar-refractivity contribution in [1.29, 1.82) is 0 Å². The first-order valence-electron chi connectivity index (χ1n) is 16.5. The van der Waals surface area contributed by atoms with Crippen molar-refractivity contribution in [2.45, 2.75) is 81.6 Å². The first-order valence-corrected chi connectivity index (χ1v) is 16.5. The number of hydrogen-bond acceptors (Lipinski definition) is 5. The Morgan fingerprint density at radius 2 is 1.64 bits per heavy atom. The van der Waals surface area contributed by atoms with Crippen LogP contribution in [-0.4, -0.2) is 104 Å². The number of benzene rings is 1. The van der Waals surface area contributed by atoms with E-state index in [9.17, 15) is 22.8 Å². The summed E-state index contributed by atoms with van der Waals surface area (Å²) < 4.78 is 63.5. The highest BCUT2D eigenvalue weighted by molar-refractivity contribution is 5.86. The molecule has 0 unspecified atom stereocenters. The maximum Gasteiger partial charge on any atom is 0.416 e. The normalized spacial score (nSPS) is 29.3. The molecule has 1 aromatic carbocycles. The number of amides is 2. The van der Waals surface area contributed by atoms with Crippen LogP contribution in [0.2, 0.25) is 0 Å². The van der Waals surface area contributed by atoms with Crippen LogP contribution >= 0.6 is 0 Å². The number of hydrogen-bond donors (Lipinski definition) is 0. The lowest BCUT2D eigenvalue weighted by Crippen LogP contribution is -2.48. The van der Waals surface area contributed by atoms with E-state index in [1.807, 2.05) is 9.80 Å². The van der Waals surface area contributed by atoms with E-state index in [1.165, 1.54) is 6.07 Å². The van der Waals surface area contributed by atoms with Crippen molar-refractivity contribution >= 4 is 17.5 Å². The number of alkyl halides is 4. The highest BCUT2D eigenvalue weighted by atomic mass is 19.4. The molecular weight excluding hydrogens is 576 g/mol. The smallest absolute Gasteiger partial charge is 0.384 e. The Bertz CT molecular complexity index is 1190. The van der Waals surface area contributed by atoms with E-state index in [0.717, 1.165) is 63.2 Å². The van der Waals surface area contributed by atoms with Crippen LogP contribution in [0.5, 0.6) is 0 Å². The van der Waals surface area contributed by atoms with E-state index < -0.39 is 23.3 Å². The van der Waals surface area contributed by atoms with E-state index in [2.05, 4.69) is 4.90 Å². The monoisotopic (exact) mass is 622 g/mol. The minimum absolute atomic E-state index is 0.114. The Kier molecular flexibility index (Phi) is 9.17. The quantitative estimate of drug-likeness (QED) is 0.397. The molecule has 0 N–H and O–H groups in total. The van der Waals surface area contributed by atoms with Gasteiger partial charge in [0.15, 0.2) is 0 Å². The van der Waals surface area contributed by atoms with Crippen LogP contribution in [0.25, 0.3) is 0 Å². The predicted molar refractivity (Wildman–Crippen MR) is 159 cm³/mol. The molecule has 4 saturated heterocycles. The van der Waals surface area contributed by atoms with Gasteiger partial charge < -0.3 is 19.4 Å². The first kappa shape index (κ1) is 31.6. The summed E-state index contributed by atoms with van der Waals surface area (Å²) >= 11 is 0. The average Bonchev–Trinajstić information content (AvgIpc) is 3.83. The van der Waals surface area contributed by atoms with E-state index in [-0.39, 0.29) is 43.2 Å². The lowest BCUT2D eigenvalue weighted by atomic mass is 9.86. The molecule has 1 aromatic rings. The van der Waals surface area contributed by atoms with Crippen molar-refractivity contribution in [3.05, 3.63) is 29.3 Å². The second-order valence-electron chi connectivity index (χ2n) is 13.7. The van der Waals surface area contributed by atoms with Gasteiger partial charge in [-0.1, -0.05) is 18.9 Å². The topological polar surface area (TPSA) is 56.3 Å². The van der Waals surface area contributed by atoms with Crippen LogP contribution in [0.1, 0.15) is 74.8 Å². The molecule has 4 heterocycles. The van der Waals surface area contributed by atoms with Gasteiger partial charge in [0, 0.05) is 95.4 Å². The standard InChI is InChI=1S/C33H46F4N4O3/c1-44-21-24-19-41(31(43)32(34)12-17-40(22-32)26-6-2-3-7-26)20-28(24)27-9-8-25(33(35,36)37)18-29(27)38-15-10-23(11-16-38)30(42)39-13-4-5-14-39/h8-9,18,23-24,26,28H,2-7,10-17,19-22H2,1H3/t24-,28+,32-/m1/s1. The molecule has 244 valence electrons. The molecule has 1 aliphatic carbocycles. The number of carbonyl (C=O) groups is 2. The number of nitrogens with zero attached hydrogens (tertiary/aromatic N) is 4. The predicted octanol–water partition coefficient (Wildman–Crippen LogP) is 5.09. The molecule has 5 fully saturated rings. The van der Waals surface area contributed by atoms with Crippen molar-refractivity contribution in [2.75, 3.05) is 71.0 Å². The number of ether oxygens (including phenoxy) is 1. The minimum atomic E-state index is -4.50. The number of carbonyl (C=O) groups excluding carboxylic acids is 2. The highest BCUT2D eigenvalue weighted by Crippen LogP contribution is 2.44. The molecule has 0 spiro atoms. The maximum absolute atomic E-state index is 16.2. The molecule has 2 amide bonds. The number of anilines is 1. The molecule has 3 atom stereocenters. The fraction of sp³-hybridized carbons (Fsp3) is 0.758. The molecule has 1 saturated carbocycles. The summed E-state index contributed by atoms with van der Waals surface area (Å²) in [5.74, 6) is -0.928. The number of rotatable bonds is 7. The Labute approximate surface area is 257 Å². The Hall–Kier alpha value is -2.40. The molecule has 4 aliphatic heterocycles. The summed E-state index contributed by atoms with van der Waals surface area (Å²) in [6.07, 6.45) is 3.26. The maximum atomic E-state index is 16.2. The molecule has 11 heteroatoms. The van der Waals surface area contributed by atoms with E-state index in [0.29, 0.717) is 57.4 Å². The van der Waals surface area contributed by atoms with Crippen molar-refractivity contribution in [1.82, 2.24) is 14.7 Å². The molecule has 44 heavy (non-hydrogen) atoms. The second kappa shape index (κ2) is 12.8. The van der Waals surface area contributed by atoms with Gasteiger partial charge in [-0.25, -0.2) is 4.39 Å². The van der Waals surface area contributed by atoms with Gasteiger partial charge in [0.2, 0.25) is 11.6 Å². The number of likely N-dealkylation sites (tertiary alicyclic amines) is 3. The van der Waals surface area contributed by atoms with Crippen LogP contribution in [0.3, 0.4) is 0 Å². The second-order valence-corrected chi connectivity index (χ2v) is 13.7. The highest BCUT2D eigenvalue weighted by Gasteiger charge is 2.51. The van der Waals surface area contributed by atoms with Gasteiger partial charge in [-0.2, -0.15) is 13.2 Å². The molecule has 0 radical (unpaired) electrons. The van der Waals surface area contributed by atoms with Gasteiger partial charge >= 0.3 is 6.18 Å². The number of halogens is 4. The molecule has 7 nitrogen and oxygen atoms in total. The van der Waals surface area contributed by atoms with Gasteiger partial charge in [-0.05, 0) is 56.2 Å². The Morgan fingerprint density at radius 1 is 0.932 bits per heavy atom. The van der Waals surface area contributed by atoms with Crippen molar-refractivity contribution < 1.29 is 31.9 Å². The van der Waals surface area contributed by atoms with Crippen LogP contribution in [0.15, 0.2) is 18.2 Å². The summed E-state index contributed by atoms with van der Waals surface area (Å²) in [6, 6.07) is 4.23. The lowest BCUT2D eigenvalue weighted by molar-refractivity contribution is -0.142. The summed E-state index contributed by atoms with van der Waals surface area (Å²) in [5.41, 5.74) is -1.44. The van der Waals surface area contributed by atoms with Crippen molar-refractivity contribution in [3.63, 3.8) is 0 Å². The SMILES string of the molecule is COC[C@H]1CN(C(=O)[C@@]2(F)CCN(C3CCCC3)C2)C[C@@H]1c1ccc(C(F)(F)F)cc1N1CCC(C(=O)N2CCCC2)CC1. The van der Waals surface area contributed by atoms with Crippen molar-refractivity contribution in [2.24, 2.45) is 11.8 Å². The lowest BCUT2D eigenvalue weighted by Gasteiger charge is -2.37. The third kappa shape index (κ3) is 6.32. The van der Waals surface area contributed by atoms with Crippen molar-refractivity contribution in [3.8, 4) is 0 Å². The zero-order valence-electron chi connectivity index (χ0n) is 25.8. The third-order valence-electron chi connectivity index (χ3n) is 10.9. The Morgan fingerprint density at radius 3 is 2.30 bits per heavy atom. The molecule has 0 aromatic heterocycles. The van der Waals surface area contributed by atoms with Crippen LogP contribution in [-0.2, 0) is 20.5 Å². The summed E-state index contributed by atoms with van der Waals surface area (Å²) in [6.45, 7) is 4.08. The summed E-state index contributed by atoms with van der Waals surface area (Å²) in [4.78, 5) is 34.4. The van der Waals surface area contributed by atoms with Gasteiger partial charge in [0.25, 0.3) is 5.91 Å². The van der Waals surface area contributed by atoms with E-state index >= 15 is 4.39 Å². The van der Waals surface area contributed by atoms with Crippen LogP contribution in [0.4, 0.5) is 23.2 Å². The number of piperidine rings is 1.